The number of aliphatic hydroxyl groups excluding tert-OH is 1. The van der Waals surface area contributed by atoms with Crippen LogP contribution in [0.1, 0.15) is 5.82 Å². The normalized spacial score (nSPS) is 13.1. The molecule has 3 N–H and O–H groups in total. The van der Waals surface area contributed by atoms with E-state index in [-0.39, 0.29) is 16.7 Å². The zero-order valence-electron chi connectivity index (χ0n) is 10.4. The van der Waals surface area contributed by atoms with Crippen LogP contribution in [0.2, 0.25) is 0 Å². The Morgan fingerprint density at radius 2 is 1.95 bits per heavy atom. The molecule has 0 aliphatic rings. The predicted molar refractivity (Wildman–Crippen MR) is 66.7 cm³/mol. The van der Waals surface area contributed by atoms with Gasteiger partial charge in [0.15, 0.2) is 0 Å². The Morgan fingerprint density at radius 1 is 1.29 bits per heavy atom. The minimum absolute atomic E-state index is 0.0180. The number of fused-ring (bicyclic) bond motifs is 1. The van der Waals surface area contributed by atoms with Gasteiger partial charge < -0.3 is 15.5 Å². The average molecular weight is 301 g/mol. The van der Waals surface area contributed by atoms with Crippen molar-refractivity contribution >= 4 is 22.7 Å². The smallest absolute Gasteiger partial charge is 0.451 e. The van der Waals surface area contributed by atoms with Gasteiger partial charge in [0.1, 0.15) is 11.9 Å². The molecule has 0 unspecified atom stereocenters. The Labute approximate surface area is 116 Å². The second-order valence-corrected chi connectivity index (χ2v) is 4.13. The summed E-state index contributed by atoms with van der Waals surface area (Å²) in [5.74, 6) is -3.09. The molecule has 0 amide bonds. The highest BCUT2D eigenvalue weighted by molar-refractivity contribution is 5.91. The van der Waals surface area contributed by atoms with Crippen molar-refractivity contribution in [3.05, 3.63) is 30.1 Å². The van der Waals surface area contributed by atoms with Crippen LogP contribution in [0.25, 0.3) is 10.9 Å². The van der Waals surface area contributed by atoms with Crippen LogP contribution in [0, 0.1) is 0 Å². The summed E-state index contributed by atoms with van der Waals surface area (Å²) >= 11 is 0. The van der Waals surface area contributed by atoms with E-state index in [2.05, 4.69) is 15.3 Å². The highest BCUT2D eigenvalue weighted by atomic mass is 19.4. The molecule has 9 heteroatoms. The number of carboxylic acids is 1. The lowest BCUT2D eigenvalue weighted by molar-refractivity contribution is -0.144. The van der Waals surface area contributed by atoms with Crippen LogP contribution in [0.3, 0.4) is 0 Å². The van der Waals surface area contributed by atoms with E-state index >= 15 is 0 Å². The van der Waals surface area contributed by atoms with Crippen molar-refractivity contribution in [2.75, 3.05) is 11.9 Å². The Bertz CT molecular complexity index is 676. The lowest BCUT2D eigenvalue weighted by atomic mass is 10.2. The fraction of sp³-hybridized carbons (Fsp3) is 0.250. The largest absolute Gasteiger partial charge is 0.480 e. The van der Waals surface area contributed by atoms with Gasteiger partial charge in [-0.2, -0.15) is 13.2 Å². The molecule has 21 heavy (non-hydrogen) atoms. The maximum Gasteiger partial charge on any atom is 0.451 e. The number of aliphatic hydroxyl groups is 1. The van der Waals surface area contributed by atoms with Crippen molar-refractivity contribution in [1.29, 1.82) is 0 Å². The summed E-state index contributed by atoms with van der Waals surface area (Å²) in [4.78, 5) is 17.6. The van der Waals surface area contributed by atoms with E-state index < -0.39 is 30.6 Å². The van der Waals surface area contributed by atoms with E-state index in [1.165, 1.54) is 18.2 Å². The lowest BCUT2D eigenvalue weighted by Gasteiger charge is -2.15. The number of carboxylic acid groups (broad SMARTS) is 1. The molecule has 0 radical (unpaired) electrons. The van der Waals surface area contributed by atoms with Gasteiger partial charge in [-0.3, -0.25) is 0 Å². The van der Waals surface area contributed by atoms with Gasteiger partial charge >= 0.3 is 12.1 Å². The molecular weight excluding hydrogens is 291 g/mol. The van der Waals surface area contributed by atoms with Crippen LogP contribution >= 0.6 is 0 Å². The first-order valence-corrected chi connectivity index (χ1v) is 5.77. The number of nitrogens with zero attached hydrogens (tertiary/aromatic N) is 2. The summed E-state index contributed by atoms with van der Waals surface area (Å²) in [6.07, 6.45) is -4.77. The van der Waals surface area contributed by atoms with Gasteiger partial charge in [0.2, 0.25) is 5.82 Å². The first kappa shape index (κ1) is 15.0. The Balaban J connectivity index is 2.57. The molecule has 1 atom stereocenters. The molecule has 0 saturated heterocycles. The van der Waals surface area contributed by atoms with E-state index in [1.807, 2.05) is 0 Å². The summed E-state index contributed by atoms with van der Waals surface area (Å²) in [7, 11) is 0. The van der Waals surface area contributed by atoms with Crippen LogP contribution in [-0.4, -0.2) is 38.8 Å². The zero-order chi connectivity index (χ0) is 15.6. The van der Waals surface area contributed by atoms with Gasteiger partial charge in [0.25, 0.3) is 0 Å². The summed E-state index contributed by atoms with van der Waals surface area (Å²) in [6.45, 7) is -0.797. The van der Waals surface area contributed by atoms with Gasteiger partial charge in [-0.15, -0.1) is 0 Å². The third-order valence-electron chi connectivity index (χ3n) is 2.65. The number of aliphatic carboxylic acids is 1. The number of hydrogen-bond donors (Lipinski definition) is 3. The van der Waals surface area contributed by atoms with Gasteiger partial charge in [-0.1, -0.05) is 12.1 Å². The second-order valence-electron chi connectivity index (χ2n) is 4.13. The highest BCUT2D eigenvalue weighted by Gasteiger charge is 2.35. The molecule has 1 aromatic carbocycles. The Morgan fingerprint density at radius 3 is 2.52 bits per heavy atom. The summed E-state index contributed by atoms with van der Waals surface area (Å²) in [6, 6.07) is 4.39. The molecule has 0 saturated carbocycles. The van der Waals surface area contributed by atoms with Gasteiger partial charge in [-0.05, 0) is 12.1 Å². The first-order valence-electron chi connectivity index (χ1n) is 5.77. The summed E-state index contributed by atoms with van der Waals surface area (Å²) in [5, 5.41) is 20.3. The number of nitrogens with one attached hydrogen (secondary N) is 1. The number of anilines is 1. The van der Waals surface area contributed by atoms with Crippen LogP contribution < -0.4 is 5.32 Å². The van der Waals surface area contributed by atoms with Gasteiger partial charge in [0.05, 0.1) is 12.1 Å². The molecule has 0 bridgehead atoms. The number of alkyl halides is 3. The second kappa shape index (κ2) is 5.52. The standard InChI is InChI=1S/C12H10F3N3O3/c13-12(14,15)11-17-7-4-2-1-3-6(7)9(18-11)16-8(5-19)10(20)21/h1-4,8,19H,5H2,(H,20,21)(H,16,17,18)/t8-/m1/s1. The van der Waals surface area contributed by atoms with Crippen molar-refractivity contribution in [3.63, 3.8) is 0 Å². The first-order chi connectivity index (χ1) is 9.82. The fourth-order valence-electron chi connectivity index (χ4n) is 1.66. The van der Waals surface area contributed by atoms with Gasteiger partial charge in [-0.25, -0.2) is 14.8 Å². The quantitative estimate of drug-likeness (QED) is 0.792. The van der Waals surface area contributed by atoms with Crippen molar-refractivity contribution < 1.29 is 28.2 Å². The van der Waals surface area contributed by atoms with Crippen molar-refractivity contribution in [3.8, 4) is 0 Å². The van der Waals surface area contributed by atoms with Crippen molar-refractivity contribution in [1.82, 2.24) is 9.97 Å². The van der Waals surface area contributed by atoms with E-state index in [1.54, 1.807) is 6.07 Å². The van der Waals surface area contributed by atoms with Crippen molar-refractivity contribution in [2.24, 2.45) is 0 Å². The number of carbonyl (C=O) groups is 1. The summed E-state index contributed by atoms with van der Waals surface area (Å²) in [5.41, 5.74) is 0.0180. The monoisotopic (exact) mass is 301 g/mol. The summed E-state index contributed by atoms with van der Waals surface area (Å²) < 4.78 is 38.3. The van der Waals surface area contributed by atoms with Crippen molar-refractivity contribution in [2.45, 2.75) is 12.2 Å². The van der Waals surface area contributed by atoms with E-state index in [0.717, 1.165) is 0 Å². The van der Waals surface area contributed by atoms with Gasteiger partial charge in [0, 0.05) is 5.39 Å². The number of rotatable bonds is 4. The molecular formula is C12H10F3N3O3. The molecule has 2 aromatic rings. The molecule has 1 aromatic heterocycles. The maximum absolute atomic E-state index is 12.8. The van der Waals surface area contributed by atoms with E-state index in [4.69, 9.17) is 10.2 Å². The third kappa shape index (κ3) is 3.19. The zero-order valence-corrected chi connectivity index (χ0v) is 10.4. The van der Waals surface area contributed by atoms with Crippen LogP contribution in [0.4, 0.5) is 19.0 Å². The number of aromatic nitrogens is 2. The lowest BCUT2D eigenvalue weighted by Crippen LogP contribution is -2.33. The molecule has 112 valence electrons. The topological polar surface area (TPSA) is 95.3 Å². The number of benzene rings is 1. The SMILES string of the molecule is O=C(O)[C@@H](CO)Nc1nc(C(F)(F)F)nc2ccccc12. The third-order valence-corrected chi connectivity index (χ3v) is 2.65. The van der Waals surface area contributed by atoms with Crippen LogP contribution in [0.5, 0.6) is 0 Å². The van der Waals surface area contributed by atoms with Crippen LogP contribution in [0.15, 0.2) is 24.3 Å². The van der Waals surface area contributed by atoms with E-state index in [0.29, 0.717) is 0 Å². The Hall–Kier alpha value is -2.42. The highest BCUT2D eigenvalue weighted by Crippen LogP contribution is 2.30. The Kier molecular flexibility index (Phi) is 3.94. The number of hydrogen-bond acceptors (Lipinski definition) is 5. The predicted octanol–water partition coefficient (Wildman–Crippen LogP) is 1.51. The van der Waals surface area contributed by atoms with Crippen LogP contribution in [-0.2, 0) is 11.0 Å². The van der Waals surface area contributed by atoms with E-state index in [9.17, 15) is 18.0 Å². The molecule has 0 aliphatic heterocycles. The molecule has 0 fully saturated rings. The molecule has 1 heterocycles. The maximum atomic E-state index is 12.8. The minimum Gasteiger partial charge on any atom is -0.480 e. The number of para-hydroxylation sites is 1. The average Bonchev–Trinajstić information content (AvgIpc) is 2.42. The minimum atomic E-state index is -4.77. The molecule has 2 rings (SSSR count). The fourth-order valence-corrected chi connectivity index (χ4v) is 1.66. The molecule has 0 aliphatic carbocycles. The molecule has 0 spiro atoms. The molecule has 6 nitrogen and oxygen atoms in total. The number of halogens is 3.